The van der Waals surface area contributed by atoms with Gasteiger partial charge in [0.15, 0.2) is 0 Å². The Morgan fingerprint density at radius 2 is 2.13 bits per heavy atom. The van der Waals surface area contributed by atoms with Crippen LogP contribution in [0.3, 0.4) is 0 Å². The predicted octanol–water partition coefficient (Wildman–Crippen LogP) is 2.78. The maximum absolute atomic E-state index is 9.01. The van der Waals surface area contributed by atoms with Gasteiger partial charge in [-0.15, -0.1) is 0 Å². The van der Waals surface area contributed by atoms with E-state index in [1.165, 1.54) is 0 Å². The van der Waals surface area contributed by atoms with Crippen LogP contribution in [0.1, 0.15) is 5.69 Å². The molecule has 1 aromatic heterocycles. The first-order valence-electron chi connectivity index (χ1n) is 4.32. The first kappa shape index (κ1) is 10.7. The van der Waals surface area contributed by atoms with Gasteiger partial charge in [-0.2, -0.15) is 5.10 Å². The highest BCUT2D eigenvalue weighted by Gasteiger charge is 2.08. The number of hydrogen-bond acceptors (Lipinski definition) is 2. The van der Waals surface area contributed by atoms with Gasteiger partial charge in [0.2, 0.25) is 0 Å². The Balaban J connectivity index is 2.50. The number of aliphatic hydroxyl groups excluding tert-OH is 1. The van der Waals surface area contributed by atoms with E-state index in [9.17, 15) is 0 Å². The highest BCUT2D eigenvalue weighted by molar-refractivity contribution is 9.10. The van der Waals surface area contributed by atoms with E-state index in [1.807, 2.05) is 18.2 Å². The van der Waals surface area contributed by atoms with Crippen molar-refractivity contribution in [1.82, 2.24) is 9.78 Å². The van der Waals surface area contributed by atoms with E-state index in [4.69, 9.17) is 16.7 Å². The van der Waals surface area contributed by atoms with Crippen LogP contribution in [0.5, 0.6) is 0 Å². The Kier molecular flexibility index (Phi) is 3.09. The number of benzene rings is 1. The molecule has 5 heteroatoms. The third-order valence-corrected chi connectivity index (χ3v) is 2.97. The van der Waals surface area contributed by atoms with E-state index < -0.39 is 0 Å². The van der Waals surface area contributed by atoms with Crippen molar-refractivity contribution in [3.8, 4) is 5.69 Å². The molecule has 0 saturated heterocycles. The molecule has 1 heterocycles. The third-order valence-electron chi connectivity index (χ3n) is 1.99. The Morgan fingerprint density at radius 1 is 1.40 bits per heavy atom. The molecule has 3 nitrogen and oxygen atoms in total. The second kappa shape index (κ2) is 4.35. The maximum atomic E-state index is 9.01. The molecule has 0 fully saturated rings. The van der Waals surface area contributed by atoms with Gasteiger partial charge in [-0.05, 0) is 28.1 Å². The van der Waals surface area contributed by atoms with Crippen molar-refractivity contribution < 1.29 is 5.11 Å². The van der Waals surface area contributed by atoms with Gasteiger partial charge in [0.05, 0.1) is 21.8 Å². The monoisotopic (exact) mass is 286 g/mol. The molecule has 1 N–H and O–H groups in total. The van der Waals surface area contributed by atoms with Crippen LogP contribution < -0.4 is 0 Å². The van der Waals surface area contributed by atoms with E-state index in [0.717, 1.165) is 10.2 Å². The minimum atomic E-state index is -0.0992. The topological polar surface area (TPSA) is 38.1 Å². The normalized spacial score (nSPS) is 10.6. The number of nitrogens with zero attached hydrogens (tertiary/aromatic N) is 2. The number of aliphatic hydroxyl groups is 1. The molecule has 0 aliphatic carbocycles. The number of halogens is 2. The van der Waals surface area contributed by atoms with Gasteiger partial charge in [-0.1, -0.05) is 23.7 Å². The van der Waals surface area contributed by atoms with Gasteiger partial charge >= 0.3 is 0 Å². The van der Waals surface area contributed by atoms with Crippen molar-refractivity contribution in [1.29, 1.82) is 0 Å². The lowest BCUT2D eigenvalue weighted by Gasteiger charge is -2.02. The Morgan fingerprint density at radius 3 is 2.73 bits per heavy atom. The zero-order valence-corrected chi connectivity index (χ0v) is 10.0. The molecule has 0 spiro atoms. The van der Waals surface area contributed by atoms with Crippen molar-refractivity contribution in [2.24, 2.45) is 0 Å². The maximum Gasteiger partial charge on any atom is 0.102 e. The lowest BCUT2D eigenvalue weighted by molar-refractivity contribution is 0.275. The second-order valence-electron chi connectivity index (χ2n) is 2.98. The average Bonchev–Trinajstić information content (AvgIpc) is 2.60. The van der Waals surface area contributed by atoms with Gasteiger partial charge < -0.3 is 5.11 Å². The highest BCUT2D eigenvalue weighted by atomic mass is 79.9. The molecule has 2 rings (SSSR count). The van der Waals surface area contributed by atoms with E-state index in [1.54, 1.807) is 16.9 Å². The van der Waals surface area contributed by atoms with Gasteiger partial charge in [-0.25, -0.2) is 4.68 Å². The fourth-order valence-corrected chi connectivity index (χ4v) is 1.88. The summed E-state index contributed by atoms with van der Waals surface area (Å²) in [5.41, 5.74) is 1.38. The fraction of sp³-hybridized carbons (Fsp3) is 0.100. The molecule has 1 aromatic carbocycles. The zero-order valence-electron chi connectivity index (χ0n) is 7.69. The molecular weight excluding hydrogens is 279 g/mol. The molecule has 0 saturated carbocycles. The van der Waals surface area contributed by atoms with Crippen molar-refractivity contribution >= 4 is 27.5 Å². The number of aromatic nitrogens is 2. The van der Waals surface area contributed by atoms with Crippen LogP contribution in [0.4, 0.5) is 0 Å². The summed E-state index contributed by atoms with van der Waals surface area (Å²) < 4.78 is 2.41. The van der Waals surface area contributed by atoms with Crippen LogP contribution in [0.15, 0.2) is 34.9 Å². The molecule has 0 radical (unpaired) electrons. The summed E-state index contributed by atoms with van der Waals surface area (Å²) in [7, 11) is 0. The van der Waals surface area contributed by atoms with Crippen molar-refractivity contribution in [2.45, 2.75) is 6.61 Å². The Labute approximate surface area is 100 Å². The number of rotatable bonds is 2. The van der Waals surface area contributed by atoms with Crippen LogP contribution in [0.25, 0.3) is 5.69 Å². The van der Waals surface area contributed by atoms with Crippen molar-refractivity contribution in [3.05, 3.63) is 45.7 Å². The molecule has 0 aliphatic rings. The minimum Gasteiger partial charge on any atom is -0.390 e. The second-order valence-corrected chi connectivity index (χ2v) is 4.24. The lowest BCUT2D eigenvalue weighted by atomic mass is 10.3. The van der Waals surface area contributed by atoms with E-state index >= 15 is 0 Å². The van der Waals surface area contributed by atoms with Crippen LogP contribution in [-0.4, -0.2) is 14.9 Å². The SMILES string of the molecule is OCc1nn(-c2ccccc2Cl)cc1Br. The fourth-order valence-electron chi connectivity index (χ4n) is 1.26. The van der Waals surface area contributed by atoms with E-state index in [2.05, 4.69) is 21.0 Å². The van der Waals surface area contributed by atoms with Crippen LogP contribution in [0.2, 0.25) is 5.02 Å². The van der Waals surface area contributed by atoms with E-state index in [0.29, 0.717) is 10.7 Å². The van der Waals surface area contributed by atoms with Crippen molar-refractivity contribution in [2.75, 3.05) is 0 Å². The van der Waals surface area contributed by atoms with Crippen molar-refractivity contribution in [3.63, 3.8) is 0 Å². The Hall–Kier alpha value is -0.840. The quantitative estimate of drug-likeness (QED) is 0.922. The number of hydrogen-bond donors (Lipinski definition) is 1. The third kappa shape index (κ3) is 2.07. The number of para-hydroxylation sites is 1. The standard InChI is InChI=1S/C10H8BrClN2O/c11-7-5-14(13-9(7)6-15)10-4-2-1-3-8(10)12/h1-5,15H,6H2. The summed E-state index contributed by atoms with van der Waals surface area (Å²) in [6, 6.07) is 7.40. The van der Waals surface area contributed by atoms with Crippen LogP contribution in [0, 0.1) is 0 Å². The smallest absolute Gasteiger partial charge is 0.102 e. The van der Waals surface area contributed by atoms with Gasteiger partial charge in [0.1, 0.15) is 5.69 Å². The summed E-state index contributed by atoms with van der Waals surface area (Å²) in [5.74, 6) is 0. The average molecular weight is 288 g/mol. The molecule has 78 valence electrons. The van der Waals surface area contributed by atoms with E-state index in [-0.39, 0.29) is 6.61 Å². The molecule has 0 amide bonds. The highest BCUT2D eigenvalue weighted by Crippen LogP contribution is 2.22. The molecule has 15 heavy (non-hydrogen) atoms. The molecule has 0 unspecified atom stereocenters. The zero-order chi connectivity index (χ0) is 10.8. The first-order valence-corrected chi connectivity index (χ1v) is 5.49. The lowest BCUT2D eigenvalue weighted by Crippen LogP contribution is -1.96. The molecule has 0 bridgehead atoms. The minimum absolute atomic E-state index is 0.0992. The molecule has 2 aromatic rings. The molecule has 0 atom stereocenters. The predicted molar refractivity (Wildman–Crippen MR) is 62.2 cm³/mol. The van der Waals surface area contributed by atoms with Gasteiger partial charge in [0.25, 0.3) is 0 Å². The summed E-state index contributed by atoms with van der Waals surface area (Å²) in [5, 5.41) is 13.8. The van der Waals surface area contributed by atoms with Gasteiger partial charge in [0, 0.05) is 6.20 Å². The first-order chi connectivity index (χ1) is 7.22. The summed E-state index contributed by atoms with van der Waals surface area (Å²) >= 11 is 9.34. The Bertz CT molecular complexity index is 484. The van der Waals surface area contributed by atoms with Gasteiger partial charge in [-0.3, -0.25) is 0 Å². The van der Waals surface area contributed by atoms with Crippen LogP contribution >= 0.6 is 27.5 Å². The molecule has 0 aliphatic heterocycles. The summed E-state index contributed by atoms with van der Waals surface area (Å²) in [6.45, 7) is -0.0992. The van der Waals surface area contributed by atoms with Crippen LogP contribution in [-0.2, 0) is 6.61 Å². The molecular formula is C10H8BrClN2O. The summed E-state index contributed by atoms with van der Waals surface area (Å²) in [4.78, 5) is 0. The summed E-state index contributed by atoms with van der Waals surface area (Å²) in [6.07, 6.45) is 1.77. The largest absolute Gasteiger partial charge is 0.390 e.